The van der Waals surface area contributed by atoms with Crippen LogP contribution in [0.25, 0.3) is 0 Å². The normalized spacial score (nSPS) is 12.8. The third kappa shape index (κ3) is 3.10. The lowest BCUT2D eigenvalue weighted by Crippen LogP contribution is -2.16. The molecule has 0 aromatic heterocycles. The van der Waals surface area contributed by atoms with Gasteiger partial charge in [0.25, 0.3) is 0 Å². The molecular formula is C24H26N2O2. The highest BCUT2D eigenvalue weighted by Gasteiger charge is 2.30. The number of anilines is 2. The van der Waals surface area contributed by atoms with Gasteiger partial charge in [-0.25, -0.2) is 0 Å². The van der Waals surface area contributed by atoms with E-state index in [-0.39, 0.29) is 12.5 Å². The standard InChI is InChI=1S/C24H26N2O2/c1-25(2)17-9-11-20-22(13-17)28-23-14-18(26(3)4)10-12-21(23)24(20)19-8-6-5-7-16(19)15-27/h5-14,24,27H,15H2,1-4H3. The van der Waals surface area contributed by atoms with Crippen LogP contribution in [0.3, 0.4) is 0 Å². The second-order valence-corrected chi connectivity index (χ2v) is 7.63. The van der Waals surface area contributed by atoms with E-state index in [0.717, 1.165) is 45.1 Å². The van der Waals surface area contributed by atoms with Gasteiger partial charge in [0, 0.05) is 68.7 Å². The van der Waals surface area contributed by atoms with E-state index in [1.165, 1.54) is 0 Å². The number of aliphatic hydroxyl groups is 1. The lowest BCUT2D eigenvalue weighted by Gasteiger charge is -2.31. The molecule has 4 heteroatoms. The fourth-order valence-electron chi connectivity index (χ4n) is 3.84. The molecule has 0 unspecified atom stereocenters. The largest absolute Gasteiger partial charge is 0.457 e. The van der Waals surface area contributed by atoms with E-state index in [4.69, 9.17) is 4.74 Å². The molecule has 0 radical (unpaired) electrons. The molecule has 0 amide bonds. The van der Waals surface area contributed by atoms with E-state index in [1.54, 1.807) is 0 Å². The van der Waals surface area contributed by atoms with E-state index >= 15 is 0 Å². The quantitative estimate of drug-likeness (QED) is 0.566. The Hall–Kier alpha value is -2.98. The summed E-state index contributed by atoms with van der Waals surface area (Å²) in [6.45, 7) is 0.0176. The predicted molar refractivity (Wildman–Crippen MR) is 115 cm³/mol. The van der Waals surface area contributed by atoms with Gasteiger partial charge in [0.2, 0.25) is 0 Å². The maximum absolute atomic E-state index is 9.93. The molecular weight excluding hydrogens is 348 g/mol. The minimum Gasteiger partial charge on any atom is -0.457 e. The van der Waals surface area contributed by atoms with Crippen molar-refractivity contribution in [2.45, 2.75) is 12.5 Å². The third-order valence-electron chi connectivity index (χ3n) is 5.41. The molecule has 28 heavy (non-hydrogen) atoms. The van der Waals surface area contributed by atoms with E-state index in [2.05, 4.69) is 52.3 Å². The van der Waals surface area contributed by atoms with Crippen molar-refractivity contribution in [3.05, 3.63) is 82.9 Å². The van der Waals surface area contributed by atoms with Crippen molar-refractivity contribution >= 4 is 11.4 Å². The van der Waals surface area contributed by atoms with Gasteiger partial charge in [0.05, 0.1) is 6.61 Å². The number of hydrogen-bond acceptors (Lipinski definition) is 4. The van der Waals surface area contributed by atoms with Gasteiger partial charge in [-0.05, 0) is 23.3 Å². The summed E-state index contributed by atoms with van der Waals surface area (Å²) in [5, 5.41) is 9.93. The summed E-state index contributed by atoms with van der Waals surface area (Å²) in [6.07, 6.45) is 0. The Bertz CT molecular complexity index is 954. The number of nitrogens with zero attached hydrogens (tertiary/aromatic N) is 2. The van der Waals surface area contributed by atoms with E-state index in [9.17, 15) is 5.11 Å². The van der Waals surface area contributed by atoms with Gasteiger partial charge in [-0.15, -0.1) is 0 Å². The van der Waals surface area contributed by atoms with Crippen LogP contribution in [-0.2, 0) is 6.61 Å². The smallest absolute Gasteiger partial charge is 0.133 e. The molecule has 0 saturated heterocycles. The van der Waals surface area contributed by atoms with Gasteiger partial charge in [0.1, 0.15) is 11.5 Å². The number of hydrogen-bond donors (Lipinski definition) is 1. The van der Waals surface area contributed by atoms with Crippen molar-refractivity contribution < 1.29 is 9.84 Å². The first-order chi connectivity index (χ1) is 13.5. The zero-order valence-electron chi connectivity index (χ0n) is 16.8. The number of ether oxygens (including phenoxy) is 1. The molecule has 1 N–H and O–H groups in total. The maximum Gasteiger partial charge on any atom is 0.133 e. The number of fused-ring (bicyclic) bond motifs is 2. The first-order valence-corrected chi connectivity index (χ1v) is 9.48. The third-order valence-corrected chi connectivity index (χ3v) is 5.41. The lowest BCUT2D eigenvalue weighted by atomic mass is 9.80. The van der Waals surface area contributed by atoms with Gasteiger partial charge < -0.3 is 19.6 Å². The topological polar surface area (TPSA) is 35.9 Å². The average Bonchev–Trinajstić information content (AvgIpc) is 2.71. The monoisotopic (exact) mass is 374 g/mol. The minimum absolute atomic E-state index is 0.0176. The van der Waals surface area contributed by atoms with Crippen molar-refractivity contribution in [3.8, 4) is 11.5 Å². The second-order valence-electron chi connectivity index (χ2n) is 7.63. The zero-order chi connectivity index (χ0) is 19.8. The summed E-state index contributed by atoms with van der Waals surface area (Å²) in [4.78, 5) is 4.15. The Balaban J connectivity index is 1.94. The van der Waals surface area contributed by atoms with Gasteiger partial charge in [0.15, 0.2) is 0 Å². The minimum atomic E-state index is 0.0176. The molecule has 3 aromatic rings. The molecule has 1 aliphatic rings. The van der Waals surface area contributed by atoms with E-state index < -0.39 is 0 Å². The van der Waals surface area contributed by atoms with Crippen LogP contribution in [0, 0.1) is 0 Å². The summed E-state index contributed by atoms with van der Waals surface area (Å²) in [7, 11) is 8.12. The van der Waals surface area contributed by atoms with Crippen LogP contribution >= 0.6 is 0 Å². The second kappa shape index (κ2) is 7.21. The Morgan fingerprint density at radius 3 is 1.79 bits per heavy atom. The highest BCUT2D eigenvalue weighted by molar-refractivity contribution is 5.66. The first kappa shape index (κ1) is 18.4. The molecule has 144 valence electrons. The number of benzene rings is 3. The van der Waals surface area contributed by atoms with Crippen molar-refractivity contribution in [3.63, 3.8) is 0 Å². The average molecular weight is 374 g/mol. The SMILES string of the molecule is CN(C)c1ccc2c(c1)Oc1cc(N(C)C)ccc1C2c1ccccc1CO. The highest BCUT2D eigenvalue weighted by atomic mass is 16.5. The van der Waals surface area contributed by atoms with Gasteiger partial charge in [-0.2, -0.15) is 0 Å². The Morgan fingerprint density at radius 1 is 0.750 bits per heavy atom. The van der Waals surface area contributed by atoms with Crippen molar-refractivity contribution in [2.24, 2.45) is 0 Å². The van der Waals surface area contributed by atoms with Crippen LogP contribution in [-0.4, -0.2) is 33.3 Å². The summed E-state index contributed by atoms with van der Waals surface area (Å²) in [5.41, 5.74) is 6.50. The maximum atomic E-state index is 9.93. The van der Waals surface area contributed by atoms with Crippen LogP contribution < -0.4 is 14.5 Å². The predicted octanol–water partition coefficient (Wildman–Crippen LogP) is 4.60. The van der Waals surface area contributed by atoms with Gasteiger partial charge in [-0.1, -0.05) is 36.4 Å². The molecule has 3 aromatic carbocycles. The molecule has 0 atom stereocenters. The first-order valence-electron chi connectivity index (χ1n) is 9.48. The molecule has 1 heterocycles. The lowest BCUT2D eigenvalue weighted by molar-refractivity contribution is 0.280. The molecule has 0 spiro atoms. The number of rotatable bonds is 4. The molecule has 4 rings (SSSR count). The zero-order valence-corrected chi connectivity index (χ0v) is 16.8. The molecule has 0 aliphatic carbocycles. The molecule has 0 bridgehead atoms. The van der Waals surface area contributed by atoms with Crippen molar-refractivity contribution in [1.82, 2.24) is 0 Å². The van der Waals surface area contributed by atoms with Crippen LogP contribution in [0.15, 0.2) is 60.7 Å². The molecule has 0 saturated carbocycles. The molecule has 4 nitrogen and oxygen atoms in total. The molecule has 1 aliphatic heterocycles. The van der Waals surface area contributed by atoms with E-state index in [1.807, 2.05) is 46.4 Å². The van der Waals surface area contributed by atoms with Crippen LogP contribution in [0.1, 0.15) is 28.2 Å². The van der Waals surface area contributed by atoms with Crippen LogP contribution in [0.4, 0.5) is 11.4 Å². The Morgan fingerprint density at radius 2 is 1.29 bits per heavy atom. The van der Waals surface area contributed by atoms with Crippen LogP contribution in [0.5, 0.6) is 11.5 Å². The fraction of sp³-hybridized carbons (Fsp3) is 0.250. The van der Waals surface area contributed by atoms with Crippen LogP contribution in [0.2, 0.25) is 0 Å². The summed E-state index contributed by atoms with van der Waals surface area (Å²) < 4.78 is 6.37. The highest BCUT2D eigenvalue weighted by Crippen LogP contribution is 2.49. The van der Waals surface area contributed by atoms with Gasteiger partial charge in [-0.3, -0.25) is 0 Å². The molecule has 0 fully saturated rings. The summed E-state index contributed by atoms with van der Waals surface area (Å²) in [5.74, 6) is 1.76. The van der Waals surface area contributed by atoms with E-state index in [0.29, 0.717) is 0 Å². The van der Waals surface area contributed by atoms with Crippen molar-refractivity contribution in [1.29, 1.82) is 0 Å². The number of aliphatic hydroxyl groups excluding tert-OH is 1. The van der Waals surface area contributed by atoms with Gasteiger partial charge >= 0.3 is 0 Å². The Kier molecular flexibility index (Phi) is 4.73. The fourth-order valence-corrected chi connectivity index (χ4v) is 3.84. The van der Waals surface area contributed by atoms with Crippen molar-refractivity contribution in [2.75, 3.05) is 38.0 Å². The Labute approximate surface area is 166 Å². The summed E-state index contributed by atoms with van der Waals surface area (Å²) >= 11 is 0. The summed E-state index contributed by atoms with van der Waals surface area (Å²) in [6, 6.07) is 20.8.